The second-order valence-electron chi connectivity index (χ2n) is 7.12. The third kappa shape index (κ3) is 5.59. The average Bonchev–Trinajstić information content (AvgIpc) is 3.29. The van der Waals surface area contributed by atoms with Crippen LogP contribution in [0.25, 0.3) is 0 Å². The summed E-state index contributed by atoms with van der Waals surface area (Å²) >= 11 is 5.95. The zero-order valence-electron chi connectivity index (χ0n) is 15.8. The molecule has 8 heteroatoms. The largest absolute Gasteiger partial charge is 0.468 e. The van der Waals surface area contributed by atoms with E-state index in [-0.39, 0.29) is 36.0 Å². The highest BCUT2D eigenvalue weighted by Gasteiger charge is 2.33. The van der Waals surface area contributed by atoms with Crippen molar-refractivity contribution < 1.29 is 17.6 Å². The molecule has 1 aliphatic rings. The Bertz CT molecular complexity index is 881. The molecule has 2 atom stereocenters. The van der Waals surface area contributed by atoms with Crippen molar-refractivity contribution in [1.29, 1.82) is 0 Å². The molecule has 0 spiro atoms. The molecule has 2 aromatic rings. The van der Waals surface area contributed by atoms with Gasteiger partial charge in [-0.3, -0.25) is 9.69 Å². The van der Waals surface area contributed by atoms with Crippen LogP contribution in [0, 0.1) is 0 Å². The molecule has 1 N–H and O–H groups in total. The van der Waals surface area contributed by atoms with Crippen molar-refractivity contribution in [3.05, 3.63) is 59.0 Å². The minimum Gasteiger partial charge on any atom is -0.468 e. The molecule has 0 saturated carbocycles. The van der Waals surface area contributed by atoms with Gasteiger partial charge in [0.15, 0.2) is 9.84 Å². The first-order chi connectivity index (χ1) is 13.4. The molecule has 152 valence electrons. The molecule has 1 aliphatic heterocycles. The second-order valence-corrected chi connectivity index (χ2v) is 9.79. The van der Waals surface area contributed by atoms with Crippen LogP contribution in [0.2, 0.25) is 5.02 Å². The maximum absolute atomic E-state index is 12.8. The van der Waals surface area contributed by atoms with E-state index in [0.717, 1.165) is 12.0 Å². The predicted octanol–water partition coefficient (Wildman–Crippen LogP) is 3.19. The summed E-state index contributed by atoms with van der Waals surface area (Å²) in [6.07, 6.45) is 2.85. The smallest absolute Gasteiger partial charge is 0.234 e. The number of halogens is 1. The summed E-state index contributed by atoms with van der Waals surface area (Å²) in [6.45, 7) is 2.52. The number of carbonyl (C=O) groups excluding carboxylic acids is 1. The van der Waals surface area contributed by atoms with Gasteiger partial charge in [0, 0.05) is 11.1 Å². The van der Waals surface area contributed by atoms with Gasteiger partial charge in [-0.1, -0.05) is 30.7 Å². The number of furan rings is 1. The molecule has 1 amide bonds. The van der Waals surface area contributed by atoms with Gasteiger partial charge in [0.25, 0.3) is 0 Å². The Morgan fingerprint density at radius 2 is 2.07 bits per heavy atom. The molecule has 0 aliphatic carbocycles. The lowest BCUT2D eigenvalue weighted by molar-refractivity contribution is -0.123. The normalized spacial score (nSPS) is 19.6. The fourth-order valence-corrected chi connectivity index (χ4v) is 5.41. The van der Waals surface area contributed by atoms with Gasteiger partial charge >= 0.3 is 0 Å². The first kappa shape index (κ1) is 20.9. The summed E-state index contributed by atoms with van der Waals surface area (Å²) in [5, 5.41) is 3.70. The van der Waals surface area contributed by atoms with Gasteiger partial charge in [0.2, 0.25) is 5.91 Å². The first-order valence-electron chi connectivity index (χ1n) is 9.38. The number of amides is 1. The Morgan fingerprint density at radius 3 is 2.64 bits per heavy atom. The third-order valence-corrected chi connectivity index (χ3v) is 7.03. The van der Waals surface area contributed by atoms with Crippen molar-refractivity contribution in [1.82, 2.24) is 10.2 Å². The summed E-state index contributed by atoms with van der Waals surface area (Å²) in [5.74, 6) is 0.811. The van der Waals surface area contributed by atoms with Crippen molar-refractivity contribution in [2.24, 2.45) is 0 Å². The van der Waals surface area contributed by atoms with Crippen LogP contribution >= 0.6 is 11.6 Å². The summed E-state index contributed by atoms with van der Waals surface area (Å²) in [4.78, 5) is 14.6. The molecular formula is C20H25ClN2O4S. The highest BCUT2D eigenvalue weighted by molar-refractivity contribution is 7.91. The van der Waals surface area contributed by atoms with Gasteiger partial charge < -0.3 is 9.73 Å². The first-order valence-corrected chi connectivity index (χ1v) is 11.6. The van der Waals surface area contributed by atoms with Crippen LogP contribution in [0.3, 0.4) is 0 Å². The van der Waals surface area contributed by atoms with Crippen LogP contribution in [0.1, 0.15) is 37.1 Å². The van der Waals surface area contributed by atoms with Crippen molar-refractivity contribution in [2.75, 3.05) is 18.1 Å². The van der Waals surface area contributed by atoms with Crippen LogP contribution in [-0.4, -0.2) is 43.3 Å². The van der Waals surface area contributed by atoms with Crippen LogP contribution in [-0.2, 0) is 21.2 Å². The van der Waals surface area contributed by atoms with E-state index in [9.17, 15) is 13.2 Å². The SMILES string of the molecule is CC[C@H](NC(=O)CN(Cc1ccco1)[C@H]1CCS(=O)(=O)C1)c1ccc(Cl)cc1. The molecule has 6 nitrogen and oxygen atoms in total. The van der Waals surface area contributed by atoms with E-state index in [1.165, 1.54) is 0 Å². The van der Waals surface area contributed by atoms with Gasteiger partial charge in [-0.2, -0.15) is 0 Å². The minimum absolute atomic E-state index is 0.0787. The van der Waals surface area contributed by atoms with Crippen LogP contribution in [0.15, 0.2) is 47.1 Å². The maximum atomic E-state index is 12.8. The van der Waals surface area contributed by atoms with Crippen molar-refractivity contribution in [2.45, 2.75) is 38.4 Å². The standard InChI is InChI=1S/C20H25ClN2O4S/c1-2-19(15-5-7-16(21)8-6-15)22-20(24)13-23(12-18-4-3-10-27-18)17-9-11-28(25,26)14-17/h3-8,10,17,19H,2,9,11-14H2,1H3,(H,22,24)/t17-,19-/m0/s1. The number of carbonyl (C=O) groups is 1. The summed E-state index contributed by atoms with van der Waals surface area (Å²) in [7, 11) is -3.05. The fourth-order valence-electron chi connectivity index (χ4n) is 3.52. The molecule has 0 radical (unpaired) electrons. The minimum atomic E-state index is -3.05. The van der Waals surface area contributed by atoms with E-state index in [0.29, 0.717) is 23.7 Å². The maximum Gasteiger partial charge on any atom is 0.234 e. The molecule has 1 aromatic heterocycles. The molecule has 28 heavy (non-hydrogen) atoms. The van der Waals surface area contributed by atoms with Crippen LogP contribution in [0.4, 0.5) is 0 Å². The number of rotatable bonds is 8. The average molecular weight is 425 g/mol. The second kappa shape index (κ2) is 9.11. The van der Waals surface area contributed by atoms with Gasteiger partial charge in [-0.15, -0.1) is 0 Å². The van der Waals surface area contributed by atoms with Crippen LogP contribution < -0.4 is 5.32 Å². The Labute approximate surface area is 170 Å². The zero-order chi connectivity index (χ0) is 20.1. The highest BCUT2D eigenvalue weighted by atomic mass is 35.5. The lowest BCUT2D eigenvalue weighted by Gasteiger charge is -2.27. The Kier molecular flexibility index (Phi) is 6.80. The van der Waals surface area contributed by atoms with Gasteiger partial charge in [-0.05, 0) is 42.7 Å². The van der Waals surface area contributed by atoms with E-state index >= 15 is 0 Å². The monoisotopic (exact) mass is 424 g/mol. The Balaban J connectivity index is 1.68. The molecule has 1 saturated heterocycles. The van der Waals surface area contributed by atoms with E-state index in [1.54, 1.807) is 24.5 Å². The number of benzene rings is 1. The number of sulfone groups is 1. The highest BCUT2D eigenvalue weighted by Crippen LogP contribution is 2.22. The van der Waals surface area contributed by atoms with Crippen molar-refractivity contribution in [3.8, 4) is 0 Å². The number of nitrogens with zero attached hydrogens (tertiary/aromatic N) is 1. The van der Waals surface area contributed by atoms with Crippen molar-refractivity contribution >= 4 is 27.3 Å². The van der Waals surface area contributed by atoms with E-state index < -0.39 is 9.84 Å². The molecular weight excluding hydrogens is 400 g/mol. The number of hydrogen-bond donors (Lipinski definition) is 1. The van der Waals surface area contributed by atoms with Gasteiger partial charge in [0.05, 0.1) is 36.9 Å². The van der Waals surface area contributed by atoms with Gasteiger partial charge in [0.1, 0.15) is 5.76 Å². The van der Waals surface area contributed by atoms with Crippen molar-refractivity contribution in [3.63, 3.8) is 0 Å². The van der Waals surface area contributed by atoms with Gasteiger partial charge in [-0.25, -0.2) is 8.42 Å². The fraction of sp³-hybridized carbons (Fsp3) is 0.450. The van der Waals surface area contributed by atoms with Crippen LogP contribution in [0.5, 0.6) is 0 Å². The van der Waals surface area contributed by atoms with E-state index in [4.69, 9.17) is 16.0 Å². The third-order valence-electron chi connectivity index (χ3n) is 5.03. The number of nitrogens with one attached hydrogen (secondary N) is 1. The quantitative estimate of drug-likeness (QED) is 0.703. The lowest BCUT2D eigenvalue weighted by atomic mass is 10.0. The molecule has 3 rings (SSSR count). The van der Waals surface area contributed by atoms with E-state index in [1.807, 2.05) is 30.0 Å². The summed E-state index contributed by atoms with van der Waals surface area (Å²) in [6, 6.07) is 10.7. The molecule has 2 heterocycles. The zero-order valence-corrected chi connectivity index (χ0v) is 17.4. The molecule has 1 aromatic carbocycles. The van der Waals surface area contributed by atoms with E-state index in [2.05, 4.69) is 5.32 Å². The number of hydrogen-bond acceptors (Lipinski definition) is 5. The Morgan fingerprint density at radius 1 is 1.32 bits per heavy atom. The topological polar surface area (TPSA) is 79.6 Å². The molecule has 0 bridgehead atoms. The lowest BCUT2D eigenvalue weighted by Crippen LogP contribution is -2.44. The predicted molar refractivity (Wildman–Crippen MR) is 109 cm³/mol. The Hall–Kier alpha value is -1.83. The summed E-state index contributed by atoms with van der Waals surface area (Å²) < 4.78 is 29.2. The molecule has 1 fully saturated rings. The summed E-state index contributed by atoms with van der Waals surface area (Å²) in [5.41, 5.74) is 0.987. The molecule has 0 unspecified atom stereocenters.